The Balaban J connectivity index is 1.92. The van der Waals surface area contributed by atoms with Gasteiger partial charge in [0.25, 0.3) is 5.22 Å². The van der Waals surface area contributed by atoms with E-state index in [1.165, 1.54) is 11.8 Å². The molecule has 0 aliphatic carbocycles. The Kier molecular flexibility index (Phi) is 4.16. The number of aliphatic carboxylic acids is 1. The molecule has 0 aliphatic rings. The minimum Gasteiger partial charge on any atom is -0.478 e. The highest BCUT2D eigenvalue weighted by Crippen LogP contribution is 2.26. The molecule has 7 heteroatoms. The molecule has 2 aromatic heterocycles. The summed E-state index contributed by atoms with van der Waals surface area (Å²) in [4.78, 5) is 12.4. The summed E-state index contributed by atoms with van der Waals surface area (Å²) in [6.45, 7) is 1.75. The van der Waals surface area contributed by atoms with Gasteiger partial charge in [-0.05, 0) is 18.2 Å². The molecule has 0 fully saturated rings. The Labute approximate surface area is 112 Å². The number of hydrogen-bond donors (Lipinski definition) is 1. The van der Waals surface area contributed by atoms with Crippen LogP contribution in [0.25, 0.3) is 6.08 Å². The molecular weight excluding hydrogens is 272 g/mol. The van der Waals surface area contributed by atoms with Gasteiger partial charge in [-0.1, -0.05) is 11.8 Å². The maximum Gasteiger partial charge on any atom is 0.328 e. The molecule has 0 aromatic carbocycles. The number of thioether (sulfide) groups is 1. The molecule has 0 unspecified atom stereocenters. The fraction of sp³-hybridized carbons (Fsp3) is 0.182. The fourth-order valence-electron chi connectivity index (χ4n) is 1.18. The molecule has 94 valence electrons. The van der Waals surface area contributed by atoms with Crippen molar-refractivity contribution in [2.24, 2.45) is 0 Å². The first-order valence-electron chi connectivity index (χ1n) is 5.06. The first-order valence-corrected chi connectivity index (χ1v) is 6.86. The number of carboxylic acids is 1. The number of rotatable bonds is 5. The number of aromatic nitrogens is 2. The van der Waals surface area contributed by atoms with E-state index in [-0.39, 0.29) is 0 Å². The van der Waals surface area contributed by atoms with E-state index in [4.69, 9.17) is 9.52 Å². The minimum atomic E-state index is -0.944. The molecule has 0 aliphatic heterocycles. The van der Waals surface area contributed by atoms with Gasteiger partial charge in [0, 0.05) is 28.5 Å². The summed E-state index contributed by atoms with van der Waals surface area (Å²) in [5.74, 6) is 0.335. The van der Waals surface area contributed by atoms with Crippen molar-refractivity contribution in [3.8, 4) is 0 Å². The lowest BCUT2D eigenvalue weighted by Crippen LogP contribution is -1.84. The van der Waals surface area contributed by atoms with Crippen molar-refractivity contribution in [3.05, 3.63) is 33.9 Å². The van der Waals surface area contributed by atoms with Crippen LogP contribution in [0, 0.1) is 6.92 Å². The van der Waals surface area contributed by atoms with Gasteiger partial charge >= 0.3 is 5.97 Å². The van der Waals surface area contributed by atoms with Crippen LogP contribution in [-0.4, -0.2) is 21.3 Å². The molecule has 0 atom stereocenters. The highest BCUT2D eigenvalue weighted by atomic mass is 32.2. The van der Waals surface area contributed by atoms with Crippen molar-refractivity contribution in [1.29, 1.82) is 0 Å². The quantitative estimate of drug-likeness (QED) is 0.671. The first-order chi connectivity index (χ1) is 8.63. The molecule has 0 saturated carbocycles. The molecule has 0 radical (unpaired) electrons. The SMILES string of the molecule is Cc1nnc(SCc2ccc(C=CC(=O)O)s2)o1. The average Bonchev–Trinajstić information content (AvgIpc) is 2.93. The van der Waals surface area contributed by atoms with E-state index < -0.39 is 5.97 Å². The number of nitrogens with zero attached hydrogens (tertiary/aromatic N) is 2. The summed E-state index contributed by atoms with van der Waals surface area (Å²) in [6, 6.07) is 3.85. The van der Waals surface area contributed by atoms with E-state index in [0.717, 1.165) is 21.6 Å². The van der Waals surface area contributed by atoms with Gasteiger partial charge in [-0.25, -0.2) is 4.79 Å². The van der Waals surface area contributed by atoms with E-state index in [0.29, 0.717) is 11.1 Å². The predicted octanol–water partition coefficient (Wildman–Crippen LogP) is 2.83. The Morgan fingerprint density at radius 1 is 1.56 bits per heavy atom. The van der Waals surface area contributed by atoms with Gasteiger partial charge < -0.3 is 9.52 Å². The Morgan fingerprint density at radius 2 is 2.39 bits per heavy atom. The van der Waals surface area contributed by atoms with E-state index in [1.807, 2.05) is 12.1 Å². The lowest BCUT2D eigenvalue weighted by molar-refractivity contribution is -0.131. The Morgan fingerprint density at radius 3 is 3.06 bits per heavy atom. The molecule has 5 nitrogen and oxygen atoms in total. The number of carboxylic acid groups (broad SMARTS) is 1. The molecule has 2 heterocycles. The lowest BCUT2D eigenvalue weighted by atomic mass is 10.4. The lowest BCUT2D eigenvalue weighted by Gasteiger charge is -1.91. The van der Waals surface area contributed by atoms with Crippen molar-refractivity contribution in [1.82, 2.24) is 10.2 Å². The standard InChI is InChI=1S/C11H10N2O3S2/c1-7-12-13-11(16-7)17-6-9-3-2-8(18-9)4-5-10(14)15/h2-5H,6H2,1H3,(H,14,15). The van der Waals surface area contributed by atoms with E-state index >= 15 is 0 Å². The molecule has 18 heavy (non-hydrogen) atoms. The van der Waals surface area contributed by atoms with Crippen molar-refractivity contribution in [3.63, 3.8) is 0 Å². The van der Waals surface area contributed by atoms with Gasteiger partial charge in [0.05, 0.1) is 0 Å². The van der Waals surface area contributed by atoms with Crippen molar-refractivity contribution in [2.45, 2.75) is 17.9 Å². The Hall–Kier alpha value is -1.60. The average molecular weight is 282 g/mol. The molecule has 0 spiro atoms. The van der Waals surface area contributed by atoms with Crippen LogP contribution in [0.15, 0.2) is 27.8 Å². The molecule has 2 aromatic rings. The summed E-state index contributed by atoms with van der Waals surface area (Å²) in [6.07, 6.45) is 2.71. The van der Waals surface area contributed by atoms with Crippen LogP contribution in [0.1, 0.15) is 15.6 Å². The summed E-state index contributed by atoms with van der Waals surface area (Å²) in [5, 5.41) is 16.7. The third-order valence-electron chi connectivity index (χ3n) is 1.92. The summed E-state index contributed by atoms with van der Waals surface area (Å²) in [7, 11) is 0. The second kappa shape index (κ2) is 5.83. The summed E-state index contributed by atoms with van der Waals surface area (Å²) < 4.78 is 5.24. The van der Waals surface area contributed by atoms with Crippen LogP contribution < -0.4 is 0 Å². The molecule has 2 rings (SSSR count). The molecule has 0 amide bonds. The van der Waals surface area contributed by atoms with Crippen LogP contribution in [0.2, 0.25) is 0 Å². The van der Waals surface area contributed by atoms with E-state index in [2.05, 4.69) is 10.2 Å². The molecular formula is C11H10N2O3S2. The zero-order valence-electron chi connectivity index (χ0n) is 9.49. The van der Waals surface area contributed by atoms with Crippen molar-refractivity contribution < 1.29 is 14.3 Å². The van der Waals surface area contributed by atoms with Crippen molar-refractivity contribution in [2.75, 3.05) is 0 Å². The number of carbonyl (C=O) groups is 1. The van der Waals surface area contributed by atoms with Gasteiger partial charge in [0.15, 0.2) is 0 Å². The van der Waals surface area contributed by atoms with Gasteiger partial charge in [-0.2, -0.15) is 0 Å². The largest absolute Gasteiger partial charge is 0.478 e. The second-order valence-corrected chi connectivity index (χ2v) is 5.48. The molecule has 0 saturated heterocycles. The smallest absolute Gasteiger partial charge is 0.328 e. The van der Waals surface area contributed by atoms with Gasteiger partial charge in [-0.3, -0.25) is 0 Å². The number of thiophene rings is 1. The minimum absolute atomic E-state index is 0.545. The summed E-state index contributed by atoms with van der Waals surface area (Å²) >= 11 is 3.00. The topological polar surface area (TPSA) is 76.2 Å². The van der Waals surface area contributed by atoms with Crippen LogP contribution in [0.4, 0.5) is 0 Å². The van der Waals surface area contributed by atoms with E-state index in [9.17, 15) is 4.79 Å². The highest BCUT2D eigenvalue weighted by molar-refractivity contribution is 7.98. The van der Waals surface area contributed by atoms with Crippen LogP contribution in [-0.2, 0) is 10.5 Å². The normalized spacial score (nSPS) is 11.2. The Bertz CT molecular complexity index is 574. The zero-order valence-corrected chi connectivity index (χ0v) is 11.1. The van der Waals surface area contributed by atoms with Crippen LogP contribution >= 0.6 is 23.1 Å². The molecule has 1 N–H and O–H groups in total. The summed E-state index contributed by atoms with van der Waals surface area (Å²) in [5.41, 5.74) is 0. The van der Waals surface area contributed by atoms with Crippen molar-refractivity contribution >= 4 is 35.1 Å². The molecule has 0 bridgehead atoms. The maximum absolute atomic E-state index is 10.4. The number of hydrogen-bond acceptors (Lipinski definition) is 6. The maximum atomic E-state index is 10.4. The van der Waals surface area contributed by atoms with Crippen LogP contribution in [0.5, 0.6) is 0 Å². The fourth-order valence-corrected chi connectivity index (χ4v) is 2.95. The van der Waals surface area contributed by atoms with Crippen LogP contribution in [0.3, 0.4) is 0 Å². The second-order valence-electron chi connectivity index (χ2n) is 3.35. The monoisotopic (exact) mass is 282 g/mol. The van der Waals surface area contributed by atoms with E-state index in [1.54, 1.807) is 24.3 Å². The third kappa shape index (κ3) is 3.71. The van der Waals surface area contributed by atoms with Gasteiger partial charge in [-0.15, -0.1) is 21.5 Å². The highest BCUT2D eigenvalue weighted by Gasteiger charge is 2.05. The first kappa shape index (κ1) is 12.8. The predicted molar refractivity (Wildman–Crippen MR) is 69.6 cm³/mol. The number of aryl methyl sites for hydroxylation is 1. The third-order valence-corrected chi connectivity index (χ3v) is 4.02. The van der Waals surface area contributed by atoms with Gasteiger partial charge in [0.2, 0.25) is 5.89 Å². The zero-order chi connectivity index (χ0) is 13.0. The van der Waals surface area contributed by atoms with Gasteiger partial charge in [0.1, 0.15) is 0 Å².